The molecular weight excluding hydrogens is 214 g/mol. The fourth-order valence-corrected chi connectivity index (χ4v) is 2.24. The maximum atomic E-state index is 11.8. The molecule has 0 spiro atoms. The lowest BCUT2D eigenvalue weighted by Gasteiger charge is -2.19. The summed E-state index contributed by atoms with van der Waals surface area (Å²) in [7, 11) is 0. The average molecular weight is 231 g/mol. The van der Waals surface area contributed by atoms with Gasteiger partial charge in [-0.15, -0.1) is 6.58 Å². The van der Waals surface area contributed by atoms with Gasteiger partial charge < -0.3 is 4.74 Å². The molecule has 1 aliphatic heterocycles. The van der Waals surface area contributed by atoms with Gasteiger partial charge in [-0.25, -0.2) is 4.79 Å². The summed E-state index contributed by atoms with van der Waals surface area (Å²) in [5.74, 6) is 0. The molecule has 0 N–H and O–H groups in total. The van der Waals surface area contributed by atoms with E-state index >= 15 is 0 Å². The van der Waals surface area contributed by atoms with Crippen molar-refractivity contribution in [3.63, 3.8) is 0 Å². The standard InChI is InChI=1S/C14H17NO2/c1-3-6-11-7-5-8-12-9-10-15(13(11)12)14(16)17-4-2/h3,5,7-8H,1,4,6,9-10H2,2H3. The van der Waals surface area contributed by atoms with E-state index in [1.807, 2.05) is 25.1 Å². The first-order valence-electron chi connectivity index (χ1n) is 5.94. The Morgan fingerprint density at radius 2 is 2.41 bits per heavy atom. The van der Waals surface area contributed by atoms with Crippen molar-refractivity contribution in [1.29, 1.82) is 0 Å². The molecule has 0 unspecified atom stereocenters. The zero-order chi connectivity index (χ0) is 12.3. The number of carbonyl (C=O) groups is 1. The summed E-state index contributed by atoms with van der Waals surface area (Å²) >= 11 is 0. The predicted octanol–water partition coefficient (Wildman–Crippen LogP) is 2.93. The number of anilines is 1. The summed E-state index contributed by atoms with van der Waals surface area (Å²) in [6.07, 6.45) is 3.29. The van der Waals surface area contributed by atoms with Crippen LogP contribution in [0.15, 0.2) is 30.9 Å². The quantitative estimate of drug-likeness (QED) is 0.748. The minimum absolute atomic E-state index is 0.247. The van der Waals surface area contributed by atoms with Gasteiger partial charge in [-0.1, -0.05) is 24.3 Å². The van der Waals surface area contributed by atoms with Gasteiger partial charge in [0.15, 0.2) is 0 Å². The molecule has 3 heteroatoms. The van der Waals surface area contributed by atoms with Crippen LogP contribution in [0.4, 0.5) is 10.5 Å². The first-order chi connectivity index (χ1) is 8.27. The lowest BCUT2D eigenvalue weighted by atomic mass is 10.0. The third kappa shape index (κ3) is 2.18. The summed E-state index contributed by atoms with van der Waals surface area (Å²) in [6, 6.07) is 6.14. The van der Waals surface area contributed by atoms with Gasteiger partial charge in [-0.3, -0.25) is 4.90 Å². The van der Waals surface area contributed by atoms with E-state index in [1.54, 1.807) is 4.90 Å². The van der Waals surface area contributed by atoms with Crippen LogP contribution in [0.2, 0.25) is 0 Å². The van der Waals surface area contributed by atoms with Crippen LogP contribution in [-0.4, -0.2) is 19.2 Å². The Kier molecular flexibility index (Phi) is 3.47. The van der Waals surface area contributed by atoms with Crippen LogP contribution < -0.4 is 4.90 Å². The van der Waals surface area contributed by atoms with E-state index in [9.17, 15) is 4.79 Å². The molecule has 0 bridgehead atoms. The lowest BCUT2D eigenvalue weighted by molar-refractivity contribution is 0.160. The summed E-state index contributed by atoms with van der Waals surface area (Å²) < 4.78 is 5.08. The summed E-state index contributed by atoms with van der Waals surface area (Å²) in [4.78, 5) is 13.6. The number of fused-ring (bicyclic) bond motifs is 1. The van der Waals surface area contributed by atoms with E-state index in [2.05, 4.69) is 12.6 Å². The van der Waals surface area contributed by atoms with Crippen LogP contribution in [0.5, 0.6) is 0 Å². The second kappa shape index (κ2) is 5.04. The second-order valence-electron chi connectivity index (χ2n) is 4.02. The molecular formula is C14H17NO2. The van der Waals surface area contributed by atoms with Crippen molar-refractivity contribution in [2.24, 2.45) is 0 Å². The molecule has 3 nitrogen and oxygen atoms in total. The minimum atomic E-state index is -0.247. The van der Waals surface area contributed by atoms with Gasteiger partial charge in [-0.05, 0) is 30.9 Å². The highest BCUT2D eigenvalue weighted by Crippen LogP contribution is 2.32. The zero-order valence-electron chi connectivity index (χ0n) is 10.1. The first kappa shape index (κ1) is 11.7. The molecule has 1 aromatic carbocycles. The van der Waals surface area contributed by atoms with Crippen LogP contribution in [-0.2, 0) is 17.6 Å². The number of ether oxygens (including phenoxy) is 1. The Labute approximate surface area is 102 Å². The number of allylic oxidation sites excluding steroid dienone is 1. The van der Waals surface area contributed by atoms with Crippen LogP contribution in [0.3, 0.4) is 0 Å². The number of rotatable bonds is 3. The van der Waals surface area contributed by atoms with Gasteiger partial charge in [0.25, 0.3) is 0 Å². The Hall–Kier alpha value is -1.77. The molecule has 0 aromatic heterocycles. The highest BCUT2D eigenvalue weighted by Gasteiger charge is 2.27. The average Bonchev–Trinajstić information content (AvgIpc) is 2.74. The normalized spacial score (nSPS) is 13.4. The number of nitrogens with zero attached hydrogens (tertiary/aromatic N) is 1. The topological polar surface area (TPSA) is 29.5 Å². The molecule has 1 heterocycles. The summed E-state index contributed by atoms with van der Waals surface area (Å²) in [6.45, 7) is 6.70. The van der Waals surface area contributed by atoms with Crippen molar-refractivity contribution in [2.45, 2.75) is 19.8 Å². The number of para-hydroxylation sites is 1. The molecule has 1 aliphatic rings. The first-order valence-corrected chi connectivity index (χ1v) is 5.94. The van der Waals surface area contributed by atoms with Crippen LogP contribution in [0, 0.1) is 0 Å². The van der Waals surface area contributed by atoms with Crippen molar-refractivity contribution in [1.82, 2.24) is 0 Å². The van der Waals surface area contributed by atoms with Gasteiger partial charge in [0.2, 0.25) is 0 Å². The number of hydrogen-bond acceptors (Lipinski definition) is 2. The molecule has 90 valence electrons. The fourth-order valence-electron chi connectivity index (χ4n) is 2.24. The Bertz CT molecular complexity index is 440. The van der Waals surface area contributed by atoms with E-state index < -0.39 is 0 Å². The molecule has 1 aromatic rings. The van der Waals surface area contributed by atoms with Crippen molar-refractivity contribution in [3.8, 4) is 0 Å². The second-order valence-corrected chi connectivity index (χ2v) is 4.02. The Morgan fingerprint density at radius 1 is 1.59 bits per heavy atom. The minimum Gasteiger partial charge on any atom is -0.449 e. The van der Waals surface area contributed by atoms with E-state index in [4.69, 9.17) is 4.74 Å². The van der Waals surface area contributed by atoms with Gasteiger partial charge in [0.1, 0.15) is 0 Å². The van der Waals surface area contributed by atoms with E-state index in [0.717, 1.165) is 24.1 Å². The van der Waals surface area contributed by atoms with Gasteiger partial charge in [0, 0.05) is 6.54 Å². The van der Waals surface area contributed by atoms with Crippen LogP contribution in [0.1, 0.15) is 18.1 Å². The molecule has 2 rings (SSSR count). The van der Waals surface area contributed by atoms with Crippen molar-refractivity contribution in [3.05, 3.63) is 42.0 Å². The van der Waals surface area contributed by atoms with Gasteiger partial charge in [-0.2, -0.15) is 0 Å². The Balaban J connectivity index is 2.34. The molecule has 0 aliphatic carbocycles. The van der Waals surface area contributed by atoms with Crippen LogP contribution >= 0.6 is 0 Å². The van der Waals surface area contributed by atoms with Crippen LogP contribution in [0.25, 0.3) is 0 Å². The van der Waals surface area contributed by atoms with E-state index in [1.165, 1.54) is 5.56 Å². The molecule has 17 heavy (non-hydrogen) atoms. The van der Waals surface area contributed by atoms with E-state index in [0.29, 0.717) is 13.2 Å². The third-order valence-electron chi connectivity index (χ3n) is 2.93. The lowest BCUT2D eigenvalue weighted by Crippen LogP contribution is -2.30. The zero-order valence-corrected chi connectivity index (χ0v) is 10.1. The summed E-state index contributed by atoms with van der Waals surface area (Å²) in [5, 5.41) is 0. The number of amides is 1. The van der Waals surface area contributed by atoms with Crippen molar-refractivity contribution in [2.75, 3.05) is 18.1 Å². The third-order valence-corrected chi connectivity index (χ3v) is 2.93. The van der Waals surface area contributed by atoms with E-state index in [-0.39, 0.29) is 6.09 Å². The molecule has 0 atom stereocenters. The number of hydrogen-bond donors (Lipinski definition) is 0. The van der Waals surface area contributed by atoms with Gasteiger partial charge in [0.05, 0.1) is 12.3 Å². The fraction of sp³-hybridized carbons (Fsp3) is 0.357. The maximum absolute atomic E-state index is 11.8. The smallest absolute Gasteiger partial charge is 0.414 e. The number of benzene rings is 1. The Morgan fingerprint density at radius 3 is 3.12 bits per heavy atom. The largest absolute Gasteiger partial charge is 0.449 e. The van der Waals surface area contributed by atoms with Gasteiger partial charge >= 0.3 is 6.09 Å². The highest BCUT2D eigenvalue weighted by atomic mass is 16.6. The maximum Gasteiger partial charge on any atom is 0.414 e. The monoisotopic (exact) mass is 231 g/mol. The molecule has 0 saturated heterocycles. The van der Waals surface area contributed by atoms with Crippen molar-refractivity contribution >= 4 is 11.8 Å². The molecule has 1 amide bonds. The predicted molar refractivity (Wildman–Crippen MR) is 68.4 cm³/mol. The molecule has 0 fully saturated rings. The molecule has 0 saturated carbocycles. The van der Waals surface area contributed by atoms with Crippen molar-refractivity contribution < 1.29 is 9.53 Å². The number of carbonyl (C=O) groups excluding carboxylic acids is 1. The highest BCUT2D eigenvalue weighted by molar-refractivity contribution is 5.91. The summed E-state index contributed by atoms with van der Waals surface area (Å²) in [5.41, 5.74) is 3.38. The SMILES string of the molecule is C=CCc1cccc2c1N(C(=O)OCC)CC2. The molecule has 0 radical (unpaired) electrons.